The molecule has 214 valence electrons. The molecule has 0 bridgehead atoms. The third kappa shape index (κ3) is 7.85. The van der Waals surface area contributed by atoms with Crippen LogP contribution in [0.5, 0.6) is 5.75 Å². The van der Waals surface area contributed by atoms with Gasteiger partial charge in [0, 0.05) is 12.6 Å². The number of nitrogens with one attached hydrogen (secondary N) is 1. The third-order valence-corrected chi connectivity index (χ3v) is 8.12. The highest BCUT2D eigenvalue weighted by atomic mass is 32.2. The van der Waals surface area contributed by atoms with E-state index in [-0.39, 0.29) is 23.4 Å². The zero-order chi connectivity index (χ0) is 29.3. The molecule has 3 rings (SSSR count). The minimum absolute atomic E-state index is 0.0614. The number of amides is 2. The highest BCUT2D eigenvalue weighted by Gasteiger charge is 2.33. The van der Waals surface area contributed by atoms with Crippen molar-refractivity contribution in [1.82, 2.24) is 10.2 Å². The molecule has 8 nitrogen and oxygen atoms in total. The Morgan fingerprint density at radius 3 is 2.08 bits per heavy atom. The van der Waals surface area contributed by atoms with E-state index < -0.39 is 28.5 Å². The maximum atomic E-state index is 14.1. The number of sulfonamides is 1. The van der Waals surface area contributed by atoms with Crippen LogP contribution in [-0.2, 0) is 26.2 Å². The summed E-state index contributed by atoms with van der Waals surface area (Å²) in [7, 11) is -4.11. The fraction of sp³-hybridized carbons (Fsp3) is 0.355. The smallest absolute Gasteiger partial charge is 0.264 e. The summed E-state index contributed by atoms with van der Waals surface area (Å²) < 4.78 is 34.3. The predicted molar refractivity (Wildman–Crippen MR) is 158 cm³/mol. The van der Waals surface area contributed by atoms with Gasteiger partial charge in [0.05, 0.1) is 17.2 Å². The number of carbonyl (C=O) groups is 2. The lowest BCUT2D eigenvalue weighted by Gasteiger charge is -2.33. The second kappa shape index (κ2) is 14.0. The molecule has 1 N–H and O–H groups in total. The minimum atomic E-state index is -4.11. The number of ether oxygens (including phenoxy) is 1. The molecule has 0 aliphatic rings. The molecule has 0 saturated carbocycles. The van der Waals surface area contributed by atoms with Gasteiger partial charge in [0.15, 0.2) is 0 Å². The zero-order valence-electron chi connectivity index (χ0n) is 23.8. The average Bonchev–Trinajstić information content (AvgIpc) is 2.93. The van der Waals surface area contributed by atoms with Crippen LogP contribution in [0.1, 0.15) is 45.2 Å². The first-order valence-electron chi connectivity index (χ1n) is 13.5. The average molecular weight is 566 g/mol. The Hall–Kier alpha value is -3.85. The molecule has 0 aliphatic heterocycles. The quantitative estimate of drug-likeness (QED) is 0.317. The first kappa shape index (κ1) is 30.7. The monoisotopic (exact) mass is 565 g/mol. The van der Waals surface area contributed by atoms with Crippen molar-refractivity contribution in [1.29, 1.82) is 0 Å². The van der Waals surface area contributed by atoms with E-state index >= 15 is 0 Å². The maximum absolute atomic E-state index is 14.1. The lowest BCUT2D eigenvalue weighted by Crippen LogP contribution is -2.53. The molecule has 3 aromatic carbocycles. The lowest BCUT2D eigenvalue weighted by atomic mass is 10.1. The van der Waals surface area contributed by atoms with Crippen LogP contribution in [0.4, 0.5) is 5.69 Å². The molecule has 40 heavy (non-hydrogen) atoms. The summed E-state index contributed by atoms with van der Waals surface area (Å²) in [4.78, 5) is 28.8. The van der Waals surface area contributed by atoms with Gasteiger partial charge in [-0.25, -0.2) is 8.42 Å². The lowest BCUT2D eigenvalue weighted by molar-refractivity contribution is -0.140. The van der Waals surface area contributed by atoms with Crippen molar-refractivity contribution in [2.75, 3.05) is 17.5 Å². The maximum Gasteiger partial charge on any atom is 0.264 e. The molecule has 0 radical (unpaired) electrons. The Labute approximate surface area is 238 Å². The van der Waals surface area contributed by atoms with Crippen LogP contribution >= 0.6 is 0 Å². The van der Waals surface area contributed by atoms with E-state index in [2.05, 4.69) is 5.32 Å². The molecular formula is C31H39N3O5S. The second-order valence-electron chi connectivity index (χ2n) is 9.85. The molecule has 3 aromatic rings. The summed E-state index contributed by atoms with van der Waals surface area (Å²) in [5, 5.41) is 2.90. The molecule has 1 atom stereocenters. The van der Waals surface area contributed by atoms with Crippen molar-refractivity contribution in [2.24, 2.45) is 0 Å². The predicted octanol–water partition coefficient (Wildman–Crippen LogP) is 4.92. The van der Waals surface area contributed by atoms with E-state index in [9.17, 15) is 18.0 Å². The standard InChI is InChI=1S/C31H39N3O5S/c1-6-29(31(36)32-23(3)4)33(21-25-15-13-24(5)14-16-25)30(35)22-34(26-17-19-27(20-18-26)39-7-2)40(37,38)28-11-9-8-10-12-28/h8-20,23,29H,6-7,21-22H2,1-5H3,(H,32,36)/t29-/m0/s1. The van der Waals surface area contributed by atoms with E-state index in [1.807, 2.05) is 58.9 Å². The Morgan fingerprint density at radius 1 is 0.900 bits per heavy atom. The molecule has 2 amide bonds. The molecule has 9 heteroatoms. The summed E-state index contributed by atoms with van der Waals surface area (Å²) in [6, 6.07) is 21.4. The van der Waals surface area contributed by atoms with Gasteiger partial charge < -0.3 is 15.0 Å². The first-order chi connectivity index (χ1) is 19.1. The largest absolute Gasteiger partial charge is 0.494 e. The molecular weight excluding hydrogens is 526 g/mol. The molecule has 0 fully saturated rings. The highest BCUT2D eigenvalue weighted by Crippen LogP contribution is 2.27. The Morgan fingerprint density at radius 2 is 1.52 bits per heavy atom. The van der Waals surface area contributed by atoms with Crippen molar-refractivity contribution < 1.29 is 22.7 Å². The van der Waals surface area contributed by atoms with Gasteiger partial charge in [-0.3, -0.25) is 13.9 Å². The molecule has 0 spiro atoms. The number of hydrogen-bond acceptors (Lipinski definition) is 5. The molecule has 0 unspecified atom stereocenters. The fourth-order valence-electron chi connectivity index (χ4n) is 4.31. The first-order valence-corrected chi connectivity index (χ1v) is 15.0. The summed E-state index contributed by atoms with van der Waals surface area (Å²) in [5.41, 5.74) is 2.23. The van der Waals surface area contributed by atoms with Crippen LogP contribution in [0.15, 0.2) is 83.8 Å². The summed E-state index contributed by atoms with van der Waals surface area (Å²) in [6.45, 7) is 9.53. The molecule has 0 aliphatic carbocycles. The van der Waals surface area contributed by atoms with E-state index in [1.54, 1.807) is 42.5 Å². The number of carbonyl (C=O) groups excluding carboxylic acids is 2. The zero-order valence-corrected chi connectivity index (χ0v) is 24.6. The van der Waals surface area contributed by atoms with Gasteiger partial charge in [0.2, 0.25) is 11.8 Å². The van der Waals surface area contributed by atoms with Gasteiger partial charge in [0.1, 0.15) is 18.3 Å². The van der Waals surface area contributed by atoms with Gasteiger partial charge in [-0.05, 0) is 76.1 Å². The van der Waals surface area contributed by atoms with E-state index in [0.717, 1.165) is 15.4 Å². The normalized spacial score (nSPS) is 12.1. The van der Waals surface area contributed by atoms with E-state index in [1.165, 1.54) is 17.0 Å². The van der Waals surface area contributed by atoms with Crippen LogP contribution in [0.2, 0.25) is 0 Å². The van der Waals surface area contributed by atoms with Gasteiger partial charge in [0.25, 0.3) is 10.0 Å². The van der Waals surface area contributed by atoms with Crippen LogP contribution in [0.25, 0.3) is 0 Å². The summed E-state index contributed by atoms with van der Waals surface area (Å²) in [5.74, 6) is -0.178. The second-order valence-corrected chi connectivity index (χ2v) is 11.7. The van der Waals surface area contributed by atoms with E-state index in [0.29, 0.717) is 24.5 Å². The highest BCUT2D eigenvalue weighted by molar-refractivity contribution is 7.92. The Kier molecular flexibility index (Phi) is 10.7. The van der Waals surface area contributed by atoms with Gasteiger partial charge in [-0.15, -0.1) is 0 Å². The SMILES string of the molecule is CCOc1ccc(N(CC(=O)N(Cc2ccc(C)cc2)[C@@H](CC)C(=O)NC(C)C)S(=O)(=O)c2ccccc2)cc1. The third-order valence-electron chi connectivity index (χ3n) is 6.34. The van der Waals surface area contributed by atoms with Crippen molar-refractivity contribution in [3.8, 4) is 5.75 Å². The molecule has 0 heterocycles. The summed E-state index contributed by atoms with van der Waals surface area (Å²) >= 11 is 0. The Bertz CT molecular complexity index is 1360. The molecule has 0 saturated heterocycles. The van der Waals surface area contributed by atoms with Gasteiger partial charge >= 0.3 is 0 Å². The van der Waals surface area contributed by atoms with Crippen molar-refractivity contribution in [3.05, 3.63) is 90.0 Å². The summed E-state index contributed by atoms with van der Waals surface area (Å²) in [6.07, 6.45) is 0.366. The van der Waals surface area contributed by atoms with Crippen molar-refractivity contribution in [2.45, 2.75) is 64.6 Å². The van der Waals surface area contributed by atoms with Crippen molar-refractivity contribution >= 4 is 27.5 Å². The van der Waals surface area contributed by atoms with Gasteiger partial charge in [-0.1, -0.05) is 55.0 Å². The number of benzene rings is 3. The van der Waals surface area contributed by atoms with Crippen LogP contribution in [0.3, 0.4) is 0 Å². The van der Waals surface area contributed by atoms with Crippen molar-refractivity contribution in [3.63, 3.8) is 0 Å². The van der Waals surface area contributed by atoms with Crippen LogP contribution in [0, 0.1) is 6.92 Å². The topological polar surface area (TPSA) is 96.0 Å². The number of anilines is 1. The number of rotatable bonds is 13. The minimum Gasteiger partial charge on any atom is -0.494 e. The van der Waals surface area contributed by atoms with Gasteiger partial charge in [-0.2, -0.15) is 0 Å². The van der Waals surface area contributed by atoms with Crippen LogP contribution < -0.4 is 14.4 Å². The van der Waals surface area contributed by atoms with E-state index in [4.69, 9.17) is 4.74 Å². The molecule has 0 aromatic heterocycles. The number of hydrogen-bond donors (Lipinski definition) is 1. The fourth-order valence-corrected chi connectivity index (χ4v) is 5.75. The van der Waals surface area contributed by atoms with Crippen LogP contribution in [-0.4, -0.2) is 50.4 Å². The number of aryl methyl sites for hydroxylation is 1. The Balaban J connectivity index is 2.04. The number of nitrogens with zero attached hydrogens (tertiary/aromatic N) is 2.